The van der Waals surface area contributed by atoms with Crippen LogP contribution in [0.25, 0.3) is 0 Å². The lowest BCUT2D eigenvalue weighted by Gasteiger charge is -2.40. The Morgan fingerprint density at radius 1 is 1.00 bits per heavy atom. The van der Waals surface area contributed by atoms with E-state index in [4.69, 9.17) is 11.6 Å². The van der Waals surface area contributed by atoms with Gasteiger partial charge in [0.25, 0.3) is 0 Å². The quantitative estimate of drug-likeness (QED) is 0.742. The number of anilines is 2. The molecule has 0 radical (unpaired) electrons. The van der Waals surface area contributed by atoms with E-state index in [9.17, 15) is 0 Å². The van der Waals surface area contributed by atoms with Crippen molar-refractivity contribution in [2.75, 3.05) is 49.7 Å². The second-order valence-corrected chi connectivity index (χ2v) is 8.28. The summed E-state index contributed by atoms with van der Waals surface area (Å²) < 4.78 is 0. The molecule has 0 N–H and O–H groups in total. The summed E-state index contributed by atoms with van der Waals surface area (Å²) in [4.78, 5) is 4.90. The molecule has 5 heteroatoms. The molecule has 1 fully saturated rings. The maximum absolute atomic E-state index is 6.42. The van der Waals surface area contributed by atoms with Gasteiger partial charge in [-0.15, -0.1) is 0 Å². The molecule has 1 aliphatic carbocycles. The van der Waals surface area contributed by atoms with E-state index >= 15 is 0 Å². The van der Waals surface area contributed by atoms with Crippen LogP contribution in [0.4, 0.5) is 11.4 Å². The molecule has 0 amide bonds. The van der Waals surface area contributed by atoms with Crippen LogP contribution in [0, 0.1) is 0 Å². The van der Waals surface area contributed by atoms with Gasteiger partial charge in [-0.25, -0.2) is 5.01 Å². The highest BCUT2D eigenvalue weighted by Crippen LogP contribution is 2.46. The molecule has 1 saturated heterocycles. The highest BCUT2D eigenvalue weighted by atomic mass is 35.5. The molecule has 0 bridgehead atoms. The van der Waals surface area contributed by atoms with Gasteiger partial charge in [0.15, 0.2) is 0 Å². The van der Waals surface area contributed by atoms with E-state index in [1.807, 2.05) is 6.07 Å². The predicted octanol–water partition coefficient (Wildman–Crippen LogP) is 4.02. The fourth-order valence-electron chi connectivity index (χ4n) is 4.62. The zero-order valence-electron chi connectivity index (χ0n) is 15.5. The Labute approximate surface area is 160 Å². The predicted molar refractivity (Wildman–Crippen MR) is 108 cm³/mol. The van der Waals surface area contributed by atoms with Crippen LogP contribution < -0.4 is 9.91 Å². The van der Waals surface area contributed by atoms with Crippen molar-refractivity contribution in [3.63, 3.8) is 0 Å². The average Bonchev–Trinajstić information content (AvgIpc) is 2.98. The summed E-state index contributed by atoms with van der Waals surface area (Å²) in [6, 6.07) is 6.34. The molecule has 0 atom stereocenters. The average molecular weight is 369 g/mol. The summed E-state index contributed by atoms with van der Waals surface area (Å²) in [5.74, 6) is 0. The third-order valence-electron chi connectivity index (χ3n) is 5.93. The van der Waals surface area contributed by atoms with Crippen molar-refractivity contribution in [1.82, 2.24) is 9.91 Å². The molecule has 4 aliphatic rings. The zero-order valence-corrected chi connectivity index (χ0v) is 16.3. The van der Waals surface area contributed by atoms with Gasteiger partial charge in [-0.2, -0.15) is 0 Å². The first-order valence-corrected chi connectivity index (χ1v) is 9.89. The van der Waals surface area contributed by atoms with E-state index in [0.29, 0.717) is 0 Å². The van der Waals surface area contributed by atoms with E-state index in [0.717, 1.165) is 50.6 Å². The highest BCUT2D eigenvalue weighted by molar-refractivity contribution is 6.31. The van der Waals surface area contributed by atoms with Crippen molar-refractivity contribution < 1.29 is 0 Å². The van der Waals surface area contributed by atoms with Crippen molar-refractivity contribution >= 4 is 23.0 Å². The van der Waals surface area contributed by atoms with Crippen LogP contribution in [0.2, 0.25) is 5.02 Å². The van der Waals surface area contributed by atoms with Gasteiger partial charge in [-0.1, -0.05) is 23.3 Å². The van der Waals surface area contributed by atoms with E-state index in [1.54, 1.807) is 5.57 Å². The molecule has 3 aliphatic heterocycles. The molecule has 136 valence electrons. The number of allylic oxidation sites excluding steroid dienone is 2. The summed E-state index contributed by atoms with van der Waals surface area (Å²) in [5, 5.41) is 5.62. The molecule has 1 aromatic rings. The molecular formula is C21H25ClN4. The zero-order chi connectivity index (χ0) is 17.8. The molecule has 0 spiro atoms. The third-order valence-corrected chi connectivity index (χ3v) is 6.17. The number of hydrogen-bond acceptors (Lipinski definition) is 4. The van der Waals surface area contributed by atoms with Gasteiger partial charge in [0, 0.05) is 55.2 Å². The van der Waals surface area contributed by atoms with Gasteiger partial charge in [0.1, 0.15) is 0 Å². The lowest BCUT2D eigenvalue weighted by molar-refractivity contribution is 0.153. The Hall–Kier alpha value is -1.75. The van der Waals surface area contributed by atoms with Gasteiger partial charge in [-0.3, -0.25) is 5.01 Å². The minimum absolute atomic E-state index is 0.797. The Bertz CT molecular complexity index is 846. The number of nitrogens with zero attached hydrogens (tertiary/aromatic N) is 4. The first kappa shape index (κ1) is 16.4. The van der Waals surface area contributed by atoms with Gasteiger partial charge in [0.05, 0.1) is 11.4 Å². The van der Waals surface area contributed by atoms with E-state index in [-0.39, 0.29) is 0 Å². The molecule has 3 heterocycles. The van der Waals surface area contributed by atoms with Crippen LogP contribution in [0.15, 0.2) is 52.9 Å². The number of fused-ring (bicyclic) bond motifs is 2. The van der Waals surface area contributed by atoms with Crippen molar-refractivity contribution in [2.24, 2.45) is 0 Å². The van der Waals surface area contributed by atoms with E-state index < -0.39 is 0 Å². The maximum atomic E-state index is 6.42. The van der Waals surface area contributed by atoms with Gasteiger partial charge >= 0.3 is 0 Å². The molecule has 1 aromatic carbocycles. The number of rotatable bonds is 1. The minimum atomic E-state index is 0.797. The number of hydrazine groups is 1. The summed E-state index contributed by atoms with van der Waals surface area (Å²) >= 11 is 6.42. The molecule has 26 heavy (non-hydrogen) atoms. The number of halogens is 1. The van der Waals surface area contributed by atoms with Crippen LogP contribution in [0.5, 0.6) is 0 Å². The van der Waals surface area contributed by atoms with Gasteiger partial charge in [0.2, 0.25) is 0 Å². The largest absolute Gasteiger partial charge is 0.339 e. The second-order valence-electron chi connectivity index (χ2n) is 7.84. The van der Waals surface area contributed by atoms with Crippen LogP contribution >= 0.6 is 11.6 Å². The standard InChI is InChI=1S/C21H25ClN4/c1-15-11-16-5-6-25-19-4-3-18(22)13-20(19)26(14-17(12-15)21(16)25)24-9-7-23(2)8-10-24/h3-4,12-14H,5-11H2,1-2H3. The first-order valence-electron chi connectivity index (χ1n) is 9.51. The fraction of sp³-hybridized carbons (Fsp3) is 0.429. The summed E-state index contributed by atoms with van der Waals surface area (Å²) in [5.41, 5.74) is 8.28. The van der Waals surface area contributed by atoms with E-state index in [2.05, 4.69) is 58.2 Å². The van der Waals surface area contributed by atoms with Crippen molar-refractivity contribution in [3.05, 3.63) is 57.9 Å². The lowest BCUT2D eigenvalue weighted by Crippen LogP contribution is -2.51. The van der Waals surface area contributed by atoms with Gasteiger partial charge in [-0.05, 0) is 50.6 Å². The topological polar surface area (TPSA) is 13.0 Å². The van der Waals surface area contributed by atoms with Crippen molar-refractivity contribution in [1.29, 1.82) is 0 Å². The molecular weight excluding hydrogens is 344 g/mol. The van der Waals surface area contributed by atoms with Crippen LogP contribution in [-0.2, 0) is 0 Å². The Kier molecular flexibility index (Phi) is 3.89. The number of likely N-dealkylation sites (N-methyl/N-ethyl adjacent to an activating group) is 1. The Balaban J connectivity index is 1.67. The SMILES string of the molecule is CC1=CC2=CN(N3CCN(C)CC3)c3cc(Cl)ccc3N3CCC(=C23)C1. The summed E-state index contributed by atoms with van der Waals surface area (Å²) in [6.45, 7) is 7.54. The van der Waals surface area contributed by atoms with Crippen molar-refractivity contribution in [3.8, 4) is 0 Å². The van der Waals surface area contributed by atoms with E-state index in [1.165, 1.54) is 28.2 Å². The van der Waals surface area contributed by atoms with Crippen LogP contribution in [-0.4, -0.2) is 49.7 Å². The molecule has 4 nitrogen and oxygen atoms in total. The normalized spacial score (nSPS) is 23.5. The van der Waals surface area contributed by atoms with Crippen molar-refractivity contribution in [2.45, 2.75) is 19.8 Å². The fourth-order valence-corrected chi connectivity index (χ4v) is 4.78. The molecule has 0 saturated carbocycles. The van der Waals surface area contributed by atoms with Crippen LogP contribution in [0.1, 0.15) is 19.8 Å². The number of hydrogen-bond donors (Lipinski definition) is 0. The molecule has 0 unspecified atom stereocenters. The smallest absolute Gasteiger partial charge is 0.0825 e. The summed E-state index contributed by atoms with van der Waals surface area (Å²) in [7, 11) is 2.20. The summed E-state index contributed by atoms with van der Waals surface area (Å²) in [6.07, 6.45) is 6.98. The Morgan fingerprint density at radius 3 is 2.62 bits per heavy atom. The molecule has 5 rings (SSSR count). The second kappa shape index (κ2) is 6.15. The minimum Gasteiger partial charge on any atom is -0.339 e. The lowest BCUT2D eigenvalue weighted by atomic mass is 9.93. The molecule has 0 aromatic heterocycles. The van der Waals surface area contributed by atoms with Gasteiger partial charge < -0.3 is 9.80 Å². The number of benzene rings is 1. The Morgan fingerprint density at radius 2 is 1.81 bits per heavy atom. The maximum Gasteiger partial charge on any atom is 0.0825 e. The highest BCUT2D eigenvalue weighted by Gasteiger charge is 2.34. The number of piperazine rings is 1. The monoisotopic (exact) mass is 368 g/mol. The van der Waals surface area contributed by atoms with Crippen LogP contribution in [0.3, 0.4) is 0 Å². The third kappa shape index (κ3) is 2.59. The first-order chi connectivity index (χ1) is 12.6.